The van der Waals surface area contributed by atoms with E-state index in [2.05, 4.69) is 15.4 Å². The number of nitrogens with one attached hydrogen (secondary N) is 1. The fourth-order valence-electron chi connectivity index (χ4n) is 2.79. The Morgan fingerprint density at radius 2 is 1.68 bits per heavy atom. The van der Waals surface area contributed by atoms with Crippen LogP contribution in [-0.4, -0.2) is 34.7 Å². The number of methoxy groups -OCH3 is 2. The van der Waals surface area contributed by atoms with Gasteiger partial charge in [-0.05, 0) is 42.0 Å². The van der Waals surface area contributed by atoms with Crippen molar-refractivity contribution in [3.8, 4) is 22.8 Å². The van der Waals surface area contributed by atoms with Crippen LogP contribution in [0, 0.1) is 0 Å². The molecule has 4 aromatic rings. The van der Waals surface area contributed by atoms with Gasteiger partial charge in [0.25, 0.3) is 0 Å². The molecule has 2 heterocycles. The Balaban J connectivity index is 1.49. The van der Waals surface area contributed by atoms with E-state index in [1.54, 1.807) is 18.7 Å². The SMILES string of the molecule is COc1ccc(CC(=O)Nc2nc3scc(-c4ccc(OC)cc4)n3n2)cc1. The number of ether oxygens (including phenoxy) is 2. The highest BCUT2D eigenvalue weighted by Gasteiger charge is 2.14. The van der Waals surface area contributed by atoms with Crippen LogP contribution in [0.3, 0.4) is 0 Å². The molecule has 2 aromatic carbocycles. The predicted octanol–water partition coefficient (Wildman–Crippen LogP) is 3.66. The van der Waals surface area contributed by atoms with Crippen LogP contribution in [0.5, 0.6) is 11.5 Å². The third kappa shape index (κ3) is 3.67. The normalized spacial score (nSPS) is 10.8. The van der Waals surface area contributed by atoms with Crippen LogP contribution < -0.4 is 14.8 Å². The Hall–Kier alpha value is -3.39. The maximum Gasteiger partial charge on any atom is 0.250 e. The first kappa shape index (κ1) is 18.0. The molecular weight excluding hydrogens is 376 g/mol. The summed E-state index contributed by atoms with van der Waals surface area (Å²) in [5, 5.41) is 9.18. The fraction of sp³-hybridized carbons (Fsp3) is 0.150. The summed E-state index contributed by atoms with van der Waals surface area (Å²) in [5.74, 6) is 1.67. The Bertz CT molecular complexity index is 1100. The third-order valence-corrected chi connectivity index (χ3v) is 5.06. The van der Waals surface area contributed by atoms with Gasteiger partial charge in [0, 0.05) is 10.9 Å². The van der Waals surface area contributed by atoms with E-state index >= 15 is 0 Å². The van der Waals surface area contributed by atoms with Crippen LogP contribution in [0.15, 0.2) is 53.9 Å². The Labute approximate surface area is 165 Å². The van der Waals surface area contributed by atoms with Crippen molar-refractivity contribution in [2.75, 3.05) is 19.5 Å². The number of hydrogen-bond acceptors (Lipinski definition) is 6. The van der Waals surface area contributed by atoms with E-state index in [0.29, 0.717) is 10.9 Å². The molecule has 0 spiro atoms. The van der Waals surface area contributed by atoms with Crippen LogP contribution in [0.1, 0.15) is 5.56 Å². The largest absolute Gasteiger partial charge is 0.497 e. The van der Waals surface area contributed by atoms with Gasteiger partial charge in [-0.1, -0.05) is 12.1 Å². The molecule has 28 heavy (non-hydrogen) atoms. The highest BCUT2D eigenvalue weighted by molar-refractivity contribution is 7.15. The maximum atomic E-state index is 12.3. The second kappa shape index (κ2) is 7.69. The van der Waals surface area contributed by atoms with Crippen molar-refractivity contribution in [2.45, 2.75) is 6.42 Å². The van der Waals surface area contributed by atoms with E-state index in [1.807, 2.05) is 53.9 Å². The minimum absolute atomic E-state index is 0.172. The minimum atomic E-state index is -0.172. The molecule has 0 fully saturated rings. The first-order valence-corrected chi connectivity index (χ1v) is 9.45. The van der Waals surface area contributed by atoms with Gasteiger partial charge >= 0.3 is 0 Å². The highest BCUT2D eigenvalue weighted by atomic mass is 32.1. The number of nitrogens with zero attached hydrogens (tertiary/aromatic N) is 3. The van der Waals surface area contributed by atoms with Crippen molar-refractivity contribution in [1.29, 1.82) is 0 Å². The molecule has 0 saturated carbocycles. The molecule has 4 rings (SSSR count). The van der Waals surface area contributed by atoms with Gasteiger partial charge in [-0.15, -0.1) is 16.4 Å². The topological polar surface area (TPSA) is 77.8 Å². The van der Waals surface area contributed by atoms with Gasteiger partial charge in [0.05, 0.1) is 26.3 Å². The molecule has 0 unspecified atom stereocenters. The van der Waals surface area contributed by atoms with Gasteiger partial charge in [0.1, 0.15) is 11.5 Å². The van der Waals surface area contributed by atoms with Crippen LogP contribution in [0.25, 0.3) is 16.2 Å². The molecule has 8 heteroatoms. The van der Waals surface area contributed by atoms with Crippen molar-refractivity contribution >= 4 is 28.2 Å². The lowest BCUT2D eigenvalue weighted by atomic mass is 10.1. The molecule has 2 aromatic heterocycles. The Morgan fingerprint density at radius 3 is 2.32 bits per heavy atom. The molecule has 0 aliphatic rings. The zero-order valence-corrected chi connectivity index (χ0v) is 16.2. The quantitative estimate of drug-likeness (QED) is 0.540. The summed E-state index contributed by atoms with van der Waals surface area (Å²) in [4.78, 5) is 17.4. The number of carbonyl (C=O) groups is 1. The van der Waals surface area contributed by atoms with Crippen molar-refractivity contribution in [3.05, 3.63) is 59.5 Å². The molecule has 0 aliphatic heterocycles. The van der Waals surface area contributed by atoms with Crippen molar-refractivity contribution in [2.24, 2.45) is 0 Å². The minimum Gasteiger partial charge on any atom is -0.497 e. The average Bonchev–Trinajstić information content (AvgIpc) is 3.28. The number of thiazole rings is 1. The smallest absolute Gasteiger partial charge is 0.250 e. The molecule has 142 valence electrons. The summed E-state index contributed by atoms with van der Waals surface area (Å²) in [7, 11) is 3.24. The summed E-state index contributed by atoms with van der Waals surface area (Å²) in [6.45, 7) is 0. The van der Waals surface area contributed by atoms with Crippen LogP contribution in [0.2, 0.25) is 0 Å². The van der Waals surface area contributed by atoms with Gasteiger partial charge in [-0.25, -0.2) is 4.52 Å². The zero-order valence-electron chi connectivity index (χ0n) is 15.4. The van der Waals surface area contributed by atoms with Crippen LogP contribution in [0.4, 0.5) is 5.95 Å². The molecule has 7 nitrogen and oxygen atoms in total. The summed E-state index contributed by atoms with van der Waals surface area (Å²) in [6.07, 6.45) is 0.238. The first-order chi connectivity index (χ1) is 13.7. The van der Waals surface area contributed by atoms with Crippen molar-refractivity contribution < 1.29 is 14.3 Å². The van der Waals surface area contributed by atoms with E-state index < -0.39 is 0 Å². The lowest BCUT2D eigenvalue weighted by Gasteiger charge is -2.03. The average molecular weight is 394 g/mol. The lowest BCUT2D eigenvalue weighted by Crippen LogP contribution is -2.15. The number of aromatic nitrogens is 3. The van der Waals surface area contributed by atoms with Crippen LogP contribution >= 0.6 is 11.3 Å². The van der Waals surface area contributed by atoms with Gasteiger partial charge in [-0.3, -0.25) is 10.1 Å². The summed E-state index contributed by atoms with van der Waals surface area (Å²) in [5.41, 5.74) is 2.79. The Morgan fingerprint density at radius 1 is 1.04 bits per heavy atom. The maximum absolute atomic E-state index is 12.3. The van der Waals surface area contributed by atoms with Gasteiger partial charge in [0.15, 0.2) is 0 Å². The molecule has 1 N–H and O–H groups in total. The monoisotopic (exact) mass is 394 g/mol. The Kier molecular flexibility index (Phi) is 4.94. The molecular formula is C20H18N4O3S. The standard InChI is InChI=1S/C20H18N4O3S/c1-26-15-7-3-13(4-8-15)11-18(25)21-19-22-20-24(23-19)17(12-28-20)14-5-9-16(27-2)10-6-14/h3-10,12H,11H2,1-2H3,(H,21,23,25). The van der Waals surface area contributed by atoms with E-state index in [9.17, 15) is 4.79 Å². The van der Waals surface area contributed by atoms with Gasteiger partial charge in [0.2, 0.25) is 16.8 Å². The van der Waals surface area contributed by atoms with Crippen LogP contribution in [-0.2, 0) is 11.2 Å². The summed E-state index contributed by atoms with van der Waals surface area (Å²) >= 11 is 1.47. The number of carbonyl (C=O) groups excluding carboxylic acids is 1. The molecule has 0 atom stereocenters. The number of hydrogen-bond donors (Lipinski definition) is 1. The van der Waals surface area contributed by atoms with Crippen molar-refractivity contribution in [3.63, 3.8) is 0 Å². The first-order valence-electron chi connectivity index (χ1n) is 8.58. The molecule has 0 bridgehead atoms. The van der Waals surface area contributed by atoms with E-state index in [4.69, 9.17) is 9.47 Å². The number of amides is 1. The van der Waals surface area contributed by atoms with Gasteiger partial charge < -0.3 is 9.47 Å². The second-order valence-corrected chi connectivity index (χ2v) is 6.89. The highest BCUT2D eigenvalue weighted by Crippen LogP contribution is 2.27. The van der Waals surface area contributed by atoms with E-state index in [0.717, 1.165) is 28.3 Å². The van der Waals surface area contributed by atoms with E-state index in [-0.39, 0.29) is 12.3 Å². The van der Waals surface area contributed by atoms with Crippen molar-refractivity contribution in [1.82, 2.24) is 14.6 Å². The number of anilines is 1. The molecule has 1 amide bonds. The second-order valence-electron chi connectivity index (χ2n) is 6.05. The number of fused-ring (bicyclic) bond motifs is 1. The third-order valence-electron chi connectivity index (χ3n) is 4.24. The number of benzene rings is 2. The van der Waals surface area contributed by atoms with E-state index in [1.165, 1.54) is 11.3 Å². The number of rotatable bonds is 6. The molecule has 0 radical (unpaired) electrons. The predicted molar refractivity (Wildman–Crippen MR) is 108 cm³/mol. The lowest BCUT2D eigenvalue weighted by molar-refractivity contribution is -0.115. The summed E-state index contributed by atoms with van der Waals surface area (Å²) < 4.78 is 12.1. The fourth-order valence-corrected chi connectivity index (χ4v) is 3.62. The van der Waals surface area contributed by atoms with Gasteiger partial charge in [-0.2, -0.15) is 4.98 Å². The zero-order chi connectivity index (χ0) is 19.5. The summed E-state index contributed by atoms with van der Waals surface area (Å²) in [6, 6.07) is 15.1. The molecule has 0 aliphatic carbocycles. The molecule has 0 saturated heterocycles.